The Morgan fingerprint density at radius 2 is 1.88 bits per heavy atom. The van der Waals surface area contributed by atoms with Crippen LogP contribution in [-0.2, 0) is 9.59 Å². The van der Waals surface area contributed by atoms with Crippen LogP contribution in [-0.4, -0.2) is 28.1 Å². The number of hydrogen-bond acceptors (Lipinski definition) is 5. The van der Waals surface area contributed by atoms with Crippen molar-refractivity contribution < 1.29 is 9.59 Å². The van der Waals surface area contributed by atoms with Crippen LogP contribution in [0.25, 0.3) is 10.6 Å². The number of hydrogen-bond donors (Lipinski definition) is 2. The highest BCUT2D eigenvalue weighted by molar-refractivity contribution is 7.18. The fourth-order valence-electron chi connectivity index (χ4n) is 2.21. The average molecular weight is 360 g/mol. The second-order valence-corrected chi connectivity index (χ2v) is 6.99. The topological polar surface area (TPSA) is 84.0 Å². The minimum absolute atomic E-state index is 0.103. The van der Waals surface area contributed by atoms with Gasteiger partial charge in [0.1, 0.15) is 11.0 Å². The van der Waals surface area contributed by atoms with Crippen LogP contribution in [0.3, 0.4) is 0 Å². The molecule has 1 heterocycles. The molecule has 0 aliphatic rings. The molecule has 0 saturated carbocycles. The van der Waals surface area contributed by atoms with Gasteiger partial charge in [0.05, 0.1) is 0 Å². The van der Waals surface area contributed by atoms with Crippen molar-refractivity contribution in [2.45, 2.75) is 52.5 Å². The molecule has 0 aliphatic heterocycles. The lowest BCUT2D eigenvalue weighted by atomic mass is 10.2. The molecule has 0 spiro atoms. The normalized spacial score (nSPS) is 11.8. The lowest BCUT2D eigenvalue weighted by Crippen LogP contribution is -2.41. The van der Waals surface area contributed by atoms with Gasteiger partial charge in [-0.05, 0) is 20.3 Å². The van der Waals surface area contributed by atoms with Gasteiger partial charge in [0, 0.05) is 12.0 Å². The number of nitrogens with one attached hydrogen (secondary N) is 2. The standard InChI is InChI=1S/C18H24N4O2S/c1-4-5-6-7-15(23)19-13(3)16(24)20-18-22-21-17(25-18)14-10-8-12(2)9-11-14/h8-11,13H,4-7H2,1-3H3,(H,19,23)(H,20,22,24). The molecule has 6 nitrogen and oxygen atoms in total. The summed E-state index contributed by atoms with van der Waals surface area (Å²) in [7, 11) is 0. The number of benzene rings is 1. The molecule has 0 fully saturated rings. The Labute approximate surface area is 152 Å². The molecule has 1 aromatic heterocycles. The van der Waals surface area contributed by atoms with E-state index in [0.717, 1.165) is 29.8 Å². The number of nitrogens with zero attached hydrogens (tertiary/aromatic N) is 2. The van der Waals surface area contributed by atoms with E-state index in [1.807, 2.05) is 31.2 Å². The summed E-state index contributed by atoms with van der Waals surface area (Å²) >= 11 is 1.31. The highest BCUT2D eigenvalue weighted by Gasteiger charge is 2.17. The maximum absolute atomic E-state index is 12.2. The van der Waals surface area contributed by atoms with E-state index in [1.54, 1.807) is 6.92 Å². The summed E-state index contributed by atoms with van der Waals surface area (Å²) in [5, 5.41) is 14.7. The van der Waals surface area contributed by atoms with Crippen molar-refractivity contribution in [3.8, 4) is 10.6 Å². The predicted molar refractivity (Wildman–Crippen MR) is 100 cm³/mol. The van der Waals surface area contributed by atoms with Gasteiger partial charge in [-0.3, -0.25) is 14.9 Å². The maximum Gasteiger partial charge on any atom is 0.248 e. The minimum atomic E-state index is -0.610. The minimum Gasteiger partial charge on any atom is -0.345 e. The number of anilines is 1. The fraction of sp³-hybridized carbons (Fsp3) is 0.444. The second-order valence-electron chi connectivity index (χ2n) is 6.01. The molecule has 1 atom stereocenters. The summed E-state index contributed by atoms with van der Waals surface area (Å²) in [6.07, 6.45) is 3.36. The monoisotopic (exact) mass is 360 g/mol. The van der Waals surface area contributed by atoms with Gasteiger partial charge in [-0.2, -0.15) is 0 Å². The molecule has 134 valence electrons. The summed E-state index contributed by atoms with van der Waals surface area (Å²) in [6, 6.07) is 7.35. The summed E-state index contributed by atoms with van der Waals surface area (Å²) in [6.45, 7) is 5.77. The van der Waals surface area contributed by atoms with Crippen LogP contribution in [0.2, 0.25) is 0 Å². The summed E-state index contributed by atoms with van der Waals surface area (Å²) in [4.78, 5) is 24.0. The summed E-state index contributed by atoms with van der Waals surface area (Å²) in [5.74, 6) is -0.399. The van der Waals surface area contributed by atoms with Crippen molar-refractivity contribution >= 4 is 28.3 Å². The Kier molecular flexibility index (Phi) is 7.06. The fourth-order valence-corrected chi connectivity index (χ4v) is 2.97. The zero-order valence-electron chi connectivity index (χ0n) is 14.8. The van der Waals surface area contributed by atoms with Gasteiger partial charge in [0.15, 0.2) is 0 Å². The molecule has 7 heteroatoms. The van der Waals surface area contributed by atoms with Crippen molar-refractivity contribution in [1.82, 2.24) is 15.5 Å². The Hall–Kier alpha value is -2.28. The van der Waals surface area contributed by atoms with E-state index in [4.69, 9.17) is 0 Å². The molecule has 0 bridgehead atoms. The van der Waals surface area contributed by atoms with Gasteiger partial charge in [-0.15, -0.1) is 10.2 Å². The highest BCUT2D eigenvalue weighted by Crippen LogP contribution is 2.26. The molecule has 2 rings (SSSR count). The Bertz CT molecular complexity index is 712. The molecule has 2 N–H and O–H groups in total. The number of rotatable bonds is 8. The zero-order chi connectivity index (χ0) is 18.2. The van der Waals surface area contributed by atoms with Gasteiger partial charge >= 0.3 is 0 Å². The molecular weight excluding hydrogens is 336 g/mol. The molecule has 1 unspecified atom stereocenters. The molecule has 0 radical (unpaired) electrons. The zero-order valence-corrected chi connectivity index (χ0v) is 15.7. The van der Waals surface area contributed by atoms with Crippen LogP contribution in [0.15, 0.2) is 24.3 Å². The molecule has 0 aliphatic carbocycles. The Morgan fingerprint density at radius 1 is 1.16 bits per heavy atom. The lowest BCUT2D eigenvalue weighted by molar-refractivity contribution is -0.126. The first kappa shape index (κ1) is 19.1. The first-order valence-corrected chi connectivity index (χ1v) is 9.32. The van der Waals surface area contributed by atoms with E-state index >= 15 is 0 Å². The van der Waals surface area contributed by atoms with E-state index < -0.39 is 6.04 Å². The quantitative estimate of drug-likeness (QED) is 0.705. The number of aromatic nitrogens is 2. The van der Waals surface area contributed by atoms with E-state index in [9.17, 15) is 9.59 Å². The number of carbonyl (C=O) groups is 2. The van der Waals surface area contributed by atoms with E-state index in [2.05, 4.69) is 27.8 Å². The second kappa shape index (κ2) is 9.27. The van der Waals surface area contributed by atoms with Crippen LogP contribution >= 0.6 is 11.3 Å². The SMILES string of the molecule is CCCCCC(=O)NC(C)C(=O)Nc1nnc(-c2ccc(C)cc2)s1. The van der Waals surface area contributed by atoms with E-state index in [1.165, 1.54) is 16.9 Å². The lowest BCUT2D eigenvalue weighted by Gasteiger charge is -2.12. The van der Waals surface area contributed by atoms with Gasteiger partial charge in [0.25, 0.3) is 0 Å². The van der Waals surface area contributed by atoms with Crippen molar-refractivity contribution in [3.63, 3.8) is 0 Å². The van der Waals surface area contributed by atoms with Crippen molar-refractivity contribution in [3.05, 3.63) is 29.8 Å². The van der Waals surface area contributed by atoms with E-state index in [0.29, 0.717) is 11.6 Å². The molecule has 1 aromatic carbocycles. The van der Waals surface area contributed by atoms with Gasteiger partial charge in [0.2, 0.25) is 16.9 Å². The van der Waals surface area contributed by atoms with Crippen LogP contribution < -0.4 is 10.6 Å². The van der Waals surface area contributed by atoms with Crippen molar-refractivity contribution in [2.24, 2.45) is 0 Å². The summed E-state index contributed by atoms with van der Waals surface area (Å²) in [5.41, 5.74) is 2.13. The number of aryl methyl sites for hydroxylation is 1. The number of amides is 2. The molecular formula is C18H24N4O2S. The van der Waals surface area contributed by atoms with Gasteiger partial charge in [-0.1, -0.05) is 60.9 Å². The van der Waals surface area contributed by atoms with Crippen molar-refractivity contribution in [1.29, 1.82) is 0 Å². The highest BCUT2D eigenvalue weighted by atomic mass is 32.1. The first-order chi connectivity index (χ1) is 12.0. The third kappa shape index (κ3) is 5.94. The van der Waals surface area contributed by atoms with Crippen LogP contribution in [0.4, 0.5) is 5.13 Å². The van der Waals surface area contributed by atoms with Gasteiger partial charge < -0.3 is 5.32 Å². The molecule has 2 aromatic rings. The Balaban J connectivity index is 1.88. The summed E-state index contributed by atoms with van der Waals surface area (Å²) < 4.78 is 0. The Morgan fingerprint density at radius 3 is 2.56 bits per heavy atom. The predicted octanol–water partition coefficient (Wildman–Crippen LogP) is 3.54. The number of unbranched alkanes of at least 4 members (excludes halogenated alkanes) is 2. The van der Waals surface area contributed by atoms with Crippen LogP contribution in [0.5, 0.6) is 0 Å². The average Bonchev–Trinajstić information content (AvgIpc) is 3.04. The third-order valence-corrected chi connectivity index (χ3v) is 4.62. The van der Waals surface area contributed by atoms with Crippen LogP contribution in [0.1, 0.15) is 45.1 Å². The maximum atomic E-state index is 12.2. The van der Waals surface area contributed by atoms with Crippen molar-refractivity contribution in [2.75, 3.05) is 5.32 Å². The molecule has 2 amide bonds. The molecule has 25 heavy (non-hydrogen) atoms. The molecule has 0 saturated heterocycles. The van der Waals surface area contributed by atoms with Crippen LogP contribution in [0, 0.1) is 6.92 Å². The smallest absolute Gasteiger partial charge is 0.248 e. The third-order valence-electron chi connectivity index (χ3n) is 3.73. The van der Waals surface area contributed by atoms with E-state index in [-0.39, 0.29) is 11.8 Å². The largest absolute Gasteiger partial charge is 0.345 e. The number of carbonyl (C=O) groups excluding carboxylic acids is 2. The first-order valence-electron chi connectivity index (χ1n) is 8.50. The van der Waals surface area contributed by atoms with Gasteiger partial charge in [-0.25, -0.2) is 0 Å².